The van der Waals surface area contributed by atoms with Gasteiger partial charge in [-0.2, -0.15) is 0 Å². The average molecular weight is 747 g/mol. The standard InChI is InChI=1S/C40H75O10P/c1-3-5-7-9-11-13-15-17-18-20-22-24-26-28-30-32-40(44)50-38(36-49-51(45,46)48-34-37(42)33-41)35-47-39(43)31-29-27-25-23-21-19-16-14-12-10-8-6-4-2/h13-16,37-38,41-42H,3-12,17-36H2,1-2H3,(H,45,46). The van der Waals surface area contributed by atoms with Crippen LogP contribution in [0.4, 0.5) is 0 Å². The second kappa shape index (κ2) is 36.8. The van der Waals surface area contributed by atoms with Gasteiger partial charge in [0.2, 0.25) is 0 Å². The molecule has 11 heteroatoms. The summed E-state index contributed by atoms with van der Waals surface area (Å²) < 4.78 is 32.6. The van der Waals surface area contributed by atoms with E-state index in [0.29, 0.717) is 12.8 Å². The second-order valence-electron chi connectivity index (χ2n) is 13.7. The number of hydrogen-bond acceptors (Lipinski definition) is 9. The number of hydrogen-bond donors (Lipinski definition) is 3. The lowest BCUT2D eigenvalue weighted by molar-refractivity contribution is -0.161. The smallest absolute Gasteiger partial charge is 0.462 e. The van der Waals surface area contributed by atoms with Crippen molar-refractivity contribution in [2.75, 3.05) is 26.4 Å². The van der Waals surface area contributed by atoms with E-state index in [9.17, 15) is 24.2 Å². The average Bonchev–Trinajstić information content (AvgIpc) is 3.12. The summed E-state index contributed by atoms with van der Waals surface area (Å²) in [6.45, 7) is 2.33. The maximum absolute atomic E-state index is 12.6. The van der Waals surface area contributed by atoms with E-state index in [1.54, 1.807) is 0 Å². The Hall–Kier alpha value is -1.55. The molecule has 0 aromatic carbocycles. The van der Waals surface area contributed by atoms with Crippen LogP contribution in [0.5, 0.6) is 0 Å². The van der Waals surface area contributed by atoms with Crippen molar-refractivity contribution in [2.24, 2.45) is 0 Å². The highest BCUT2D eigenvalue weighted by Crippen LogP contribution is 2.43. The molecule has 0 saturated carbocycles. The van der Waals surface area contributed by atoms with Crippen LogP contribution in [0.25, 0.3) is 0 Å². The highest BCUT2D eigenvalue weighted by atomic mass is 31.2. The summed E-state index contributed by atoms with van der Waals surface area (Å²) in [4.78, 5) is 34.9. The first-order valence-electron chi connectivity index (χ1n) is 20.3. The van der Waals surface area contributed by atoms with Crippen LogP contribution in [0, 0.1) is 0 Å². The SMILES string of the molecule is CCCCCCC=CCCCCCCCCCC(=O)OC(COC(=O)CCCCCCCC=CCCCCCC)COP(=O)(O)OCC(O)CO. The van der Waals surface area contributed by atoms with E-state index in [1.165, 1.54) is 77.0 Å². The highest BCUT2D eigenvalue weighted by Gasteiger charge is 2.27. The van der Waals surface area contributed by atoms with Crippen LogP contribution in [-0.2, 0) is 32.7 Å². The Morgan fingerprint density at radius 1 is 0.569 bits per heavy atom. The molecular weight excluding hydrogens is 671 g/mol. The first-order chi connectivity index (χ1) is 24.7. The number of carbonyl (C=O) groups excluding carboxylic acids is 2. The van der Waals surface area contributed by atoms with Crippen LogP contribution in [0.1, 0.15) is 181 Å². The zero-order chi connectivity index (χ0) is 37.7. The third-order valence-corrected chi connectivity index (χ3v) is 9.53. The predicted molar refractivity (Wildman–Crippen MR) is 205 cm³/mol. The van der Waals surface area contributed by atoms with E-state index in [4.69, 9.17) is 19.1 Å². The summed E-state index contributed by atoms with van der Waals surface area (Å²) in [5.41, 5.74) is 0. The Kier molecular flexibility index (Phi) is 35.7. The quantitative estimate of drug-likeness (QED) is 0.0241. The monoisotopic (exact) mass is 747 g/mol. The Balaban J connectivity index is 4.35. The van der Waals surface area contributed by atoms with Gasteiger partial charge in [0.1, 0.15) is 12.7 Å². The number of allylic oxidation sites excluding steroid dienone is 4. The number of phosphoric acid groups is 1. The largest absolute Gasteiger partial charge is 0.472 e. The van der Waals surface area contributed by atoms with Gasteiger partial charge in [0.15, 0.2) is 6.10 Å². The fraction of sp³-hybridized carbons (Fsp3) is 0.850. The summed E-state index contributed by atoms with van der Waals surface area (Å²) in [5, 5.41) is 18.3. The van der Waals surface area contributed by atoms with Gasteiger partial charge in [0.25, 0.3) is 0 Å². The predicted octanol–water partition coefficient (Wildman–Crippen LogP) is 10.2. The molecule has 0 rings (SSSR count). The van der Waals surface area contributed by atoms with Crippen LogP contribution in [0.3, 0.4) is 0 Å². The molecule has 51 heavy (non-hydrogen) atoms. The molecule has 0 fully saturated rings. The van der Waals surface area contributed by atoms with Crippen LogP contribution in [-0.4, -0.2) is 65.7 Å². The minimum atomic E-state index is -4.61. The number of unbranched alkanes of at least 4 members (excludes halogenated alkanes) is 20. The van der Waals surface area contributed by atoms with E-state index < -0.39 is 51.8 Å². The molecular formula is C40H75O10P. The molecule has 10 nitrogen and oxygen atoms in total. The molecule has 0 aliphatic carbocycles. The Morgan fingerprint density at radius 3 is 1.41 bits per heavy atom. The molecule has 0 aromatic heterocycles. The van der Waals surface area contributed by atoms with Gasteiger partial charge in [0, 0.05) is 12.8 Å². The maximum atomic E-state index is 12.6. The number of aliphatic hydroxyl groups is 2. The third kappa shape index (κ3) is 36.6. The van der Waals surface area contributed by atoms with Gasteiger partial charge in [0.05, 0.1) is 19.8 Å². The summed E-state index contributed by atoms with van der Waals surface area (Å²) in [6.07, 6.45) is 34.3. The molecule has 3 atom stereocenters. The molecule has 0 aliphatic heterocycles. The lowest BCUT2D eigenvalue weighted by Crippen LogP contribution is -2.29. The summed E-state index contributed by atoms with van der Waals surface area (Å²) in [6, 6.07) is 0. The van der Waals surface area contributed by atoms with Gasteiger partial charge < -0.3 is 24.6 Å². The maximum Gasteiger partial charge on any atom is 0.472 e. The van der Waals surface area contributed by atoms with Crippen molar-refractivity contribution in [2.45, 2.75) is 193 Å². The van der Waals surface area contributed by atoms with Crippen molar-refractivity contribution in [1.29, 1.82) is 0 Å². The molecule has 300 valence electrons. The minimum absolute atomic E-state index is 0.179. The number of phosphoric ester groups is 1. The summed E-state index contributed by atoms with van der Waals surface area (Å²) >= 11 is 0. The minimum Gasteiger partial charge on any atom is -0.462 e. The topological polar surface area (TPSA) is 149 Å². The van der Waals surface area contributed by atoms with Crippen molar-refractivity contribution in [1.82, 2.24) is 0 Å². The van der Waals surface area contributed by atoms with Crippen LogP contribution < -0.4 is 0 Å². The number of ether oxygens (including phenoxy) is 2. The lowest BCUT2D eigenvalue weighted by atomic mass is 10.1. The van der Waals surface area contributed by atoms with Gasteiger partial charge in [-0.05, 0) is 64.2 Å². The first kappa shape index (κ1) is 49.5. The van der Waals surface area contributed by atoms with Gasteiger partial charge in [-0.1, -0.05) is 128 Å². The van der Waals surface area contributed by atoms with Crippen LogP contribution >= 0.6 is 7.82 Å². The fourth-order valence-corrected chi connectivity index (χ4v) is 6.18. The normalized spacial score (nSPS) is 14.2. The van der Waals surface area contributed by atoms with Crippen molar-refractivity contribution in [3.8, 4) is 0 Å². The van der Waals surface area contributed by atoms with E-state index in [0.717, 1.165) is 64.2 Å². The molecule has 0 aliphatic rings. The number of carbonyl (C=O) groups is 2. The van der Waals surface area contributed by atoms with E-state index in [-0.39, 0.29) is 19.4 Å². The zero-order valence-electron chi connectivity index (χ0n) is 32.3. The molecule has 0 spiro atoms. The van der Waals surface area contributed by atoms with Crippen LogP contribution in [0.2, 0.25) is 0 Å². The van der Waals surface area contributed by atoms with Crippen molar-refractivity contribution < 1.29 is 47.8 Å². The molecule has 0 aromatic rings. The van der Waals surface area contributed by atoms with Crippen molar-refractivity contribution in [3.05, 3.63) is 24.3 Å². The number of aliphatic hydroxyl groups excluding tert-OH is 2. The Bertz CT molecular complexity index is 910. The lowest BCUT2D eigenvalue weighted by Gasteiger charge is -2.20. The first-order valence-corrected chi connectivity index (χ1v) is 21.8. The molecule has 0 radical (unpaired) electrons. The van der Waals surface area contributed by atoms with Gasteiger partial charge in [-0.3, -0.25) is 18.6 Å². The van der Waals surface area contributed by atoms with Crippen molar-refractivity contribution in [3.63, 3.8) is 0 Å². The third-order valence-electron chi connectivity index (χ3n) is 8.58. The van der Waals surface area contributed by atoms with E-state index >= 15 is 0 Å². The molecule has 0 saturated heterocycles. The molecule has 3 N–H and O–H groups in total. The van der Waals surface area contributed by atoms with Crippen molar-refractivity contribution >= 4 is 19.8 Å². The number of rotatable bonds is 38. The second-order valence-corrected chi connectivity index (χ2v) is 15.1. The summed E-state index contributed by atoms with van der Waals surface area (Å²) in [7, 11) is -4.61. The fourth-order valence-electron chi connectivity index (χ4n) is 5.39. The van der Waals surface area contributed by atoms with Gasteiger partial charge in [-0.25, -0.2) is 4.57 Å². The molecule has 0 heterocycles. The molecule has 0 bridgehead atoms. The van der Waals surface area contributed by atoms with Crippen LogP contribution in [0.15, 0.2) is 24.3 Å². The zero-order valence-corrected chi connectivity index (χ0v) is 33.2. The molecule has 3 unspecified atom stereocenters. The highest BCUT2D eigenvalue weighted by molar-refractivity contribution is 7.47. The van der Waals surface area contributed by atoms with Gasteiger partial charge in [-0.15, -0.1) is 0 Å². The molecule has 0 amide bonds. The Morgan fingerprint density at radius 2 is 0.961 bits per heavy atom. The van der Waals surface area contributed by atoms with Gasteiger partial charge >= 0.3 is 19.8 Å². The van der Waals surface area contributed by atoms with E-state index in [2.05, 4.69) is 42.7 Å². The summed E-state index contributed by atoms with van der Waals surface area (Å²) in [5.74, 6) is -0.938. The Labute approximate surface area is 310 Å². The van der Waals surface area contributed by atoms with E-state index in [1.807, 2.05) is 0 Å². The number of esters is 2.